The lowest BCUT2D eigenvalue weighted by atomic mass is 10.0. The van der Waals surface area contributed by atoms with Gasteiger partial charge in [0.2, 0.25) is 5.16 Å². The first-order chi connectivity index (χ1) is 13.5. The highest BCUT2D eigenvalue weighted by atomic mass is 32.2. The lowest BCUT2D eigenvalue weighted by molar-refractivity contribution is 0.291. The van der Waals surface area contributed by atoms with Crippen molar-refractivity contribution in [2.45, 2.75) is 37.3 Å². The van der Waals surface area contributed by atoms with Gasteiger partial charge in [0, 0.05) is 11.3 Å². The fraction of sp³-hybridized carbons (Fsp3) is 0.300. The van der Waals surface area contributed by atoms with Gasteiger partial charge in [-0.2, -0.15) is 0 Å². The van der Waals surface area contributed by atoms with Gasteiger partial charge in [0.05, 0.1) is 7.11 Å². The van der Waals surface area contributed by atoms with Crippen LogP contribution in [0.15, 0.2) is 47.6 Å². The minimum Gasteiger partial charge on any atom is -0.496 e. The van der Waals surface area contributed by atoms with Crippen LogP contribution in [0.25, 0.3) is 0 Å². The summed E-state index contributed by atoms with van der Waals surface area (Å²) in [6.45, 7) is 4.49. The lowest BCUT2D eigenvalue weighted by Gasteiger charge is -2.09. The minimum absolute atomic E-state index is 0.203. The molecule has 6 nitrogen and oxygen atoms in total. The molecule has 3 rings (SSSR count). The number of rotatable bonds is 8. The number of ether oxygens (including phenoxy) is 2. The van der Waals surface area contributed by atoms with Crippen LogP contribution >= 0.6 is 11.8 Å². The Morgan fingerprint density at radius 2 is 1.89 bits per heavy atom. The first kappa shape index (κ1) is 20.0. The second kappa shape index (κ2) is 8.97. The van der Waals surface area contributed by atoms with Crippen LogP contribution in [0.3, 0.4) is 0 Å². The number of halogens is 1. The monoisotopic (exact) mass is 402 g/mol. The Bertz CT molecular complexity index is 928. The van der Waals surface area contributed by atoms with E-state index in [1.165, 1.54) is 34.1 Å². The molecular formula is C20H23FN4O2S. The Morgan fingerprint density at radius 1 is 1.14 bits per heavy atom. The zero-order valence-electron chi connectivity index (χ0n) is 16.1. The van der Waals surface area contributed by atoms with Crippen LogP contribution in [-0.2, 0) is 12.4 Å². The van der Waals surface area contributed by atoms with Crippen molar-refractivity contribution in [1.82, 2.24) is 14.9 Å². The summed E-state index contributed by atoms with van der Waals surface area (Å²) < 4.78 is 25.9. The molecule has 0 fully saturated rings. The number of nitrogen functional groups attached to an aromatic ring is 1. The Morgan fingerprint density at radius 3 is 2.57 bits per heavy atom. The average molecular weight is 402 g/mol. The first-order valence-corrected chi connectivity index (χ1v) is 9.84. The van der Waals surface area contributed by atoms with Gasteiger partial charge in [0.25, 0.3) is 0 Å². The molecule has 1 heterocycles. The van der Waals surface area contributed by atoms with E-state index in [0.717, 1.165) is 11.3 Å². The zero-order valence-corrected chi connectivity index (χ0v) is 16.9. The number of nitrogens with zero attached hydrogens (tertiary/aromatic N) is 3. The van der Waals surface area contributed by atoms with Gasteiger partial charge in [-0.15, -0.1) is 10.2 Å². The van der Waals surface area contributed by atoms with Gasteiger partial charge in [0.15, 0.2) is 5.82 Å². The topological polar surface area (TPSA) is 75.2 Å². The number of hydrogen-bond donors (Lipinski definition) is 1. The summed E-state index contributed by atoms with van der Waals surface area (Å²) in [5.74, 6) is 8.55. The predicted molar refractivity (Wildman–Crippen MR) is 108 cm³/mol. The van der Waals surface area contributed by atoms with Crippen molar-refractivity contribution in [3.8, 4) is 11.5 Å². The van der Waals surface area contributed by atoms with Crippen LogP contribution in [-0.4, -0.2) is 22.0 Å². The number of methoxy groups -OCH3 is 1. The molecule has 0 aliphatic rings. The molecule has 8 heteroatoms. The van der Waals surface area contributed by atoms with E-state index in [1.807, 2.05) is 24.3 Å². The summed E-state index contributed by atoms with van der Waals surface area (Å²) in [6.07, 6.45) is 0. The fourth-order valence-corrected chi connectivity index (χ4v) is 3.46. The number of hydrogen-bond acceptors (Lipinski definition) is 6. The van der Waals surface area contributed by atoms with Crippen molar-refractivity contribution in [2.24, 2.45) is 0 Å². The Labute approximate surface area is 167 Å². The van der Waals surface area contributed by atoms with Crippen molar-refractivity contribution in [3.63, 3.8) is 0 Å². The molecule has 0 saturated carbocycles. The van der Waals surface area contributed by atoms with Gasteiger partial charge in [-0.25, -0.2) is 9.07 Å². The van der Waals surface area contributed by atoms with E-state index in [2.05, 4.69) is 24.0 Å². The molecule has 0 unspecified atom stereocenters. The standard InChI is InChI=1S/C20H23FN4O2S/c1-13(2)14-4-7-17(8-5-14)27-11-19-23-24-20(25(19)22)28-12-15-10-16(21)6-9-18(15)26-3/h4-10,13H,11-12,22H2,1-3H3. The maximum absolute atomic E-state index is 13.5. The fourth-order valence-electron chi connectivity index (χ4n) is 2.60. The number of aromatic nitrogens is 3. The summed E-state index contributed by atoms with van der Waals surface area (Å²) in [5, 5.41) is 8.69. The van der Waals surface area contributed by atoms with Crippen LogP contribution < -0.4 is 15.3 Å². The number of nitrogens with two attached hydrogens (primary N) is 1. The van der Waals surface area contributed by atoms with Crippen LogP contribution in [0.1, 0.15) is 36.7 Å². The molecule has 148 valence electrons. The van der Waals surface area contributed by atoms with E-state index in [4.69, 9.17) is 15.3 Å². The molecular weight excluding hydrogens is 379 g/mol. The minimum atomic E-state index is -0.316. The number of thioether (sulfide) groups is 1. The van der Waals surface area contributed by atoms with E-state index < -0.39 is 0 Å². The second-order valence-corrected chi connectivity index (χ2v) is 7.47. The molecule has 1 aromatic heterocycles. The van der Waals surface area contributed by atoms with Crippen molar-refractivity contribution < 1.29 is 13.9 Å². The lowest BCUT2D eigenvalue weighted by Crippen LogP contribution is -2.15. The highest BCUT2D eigenvalue weighted by molar-refractivity contribution is 7.98. The zero-order chi connectivity index (χ0) is 20.1. The summed E-state index contributed by atoms with van der Waals surface area (Å²) in [5.41, 5.74) is 1.97. The van der Waals surface area contributed by atoms with Gasteiger partial charge in [-0.05, 0) is 41.8 Å². The van der Waals surface area contributed by atoms with Crippen LogP contribution in [0.5, 0.6) is 11.5 Å². The molecule has 0 aliphatic carbocycles. The van der Waals surface area contributed by atoms with Crippen molar-refractivity contribution in [2.75, 3.05) is 13.0 Å². The van der Waals surface area contributed by atoms with Crippen molar-refractivity contribution >= 4 is 11.8 Å². The van der Waals surface area contributed by atoms with Gasteiger partial charge < -0.3 is 15.3 Å². The molecule has 0 bridgehead atoms. The third-order valence-corrected chi connectivity index (χ3v) is 5.24. The molecule has 0 spiro atoms. The smallest absolute Gasteiger partial charge is 0.210 e. The molecule has 0 aliphatic heterocycles. The summed E-state index contributed by atoms with van der Waals surface area (Å²) in [4.78, 5) is 0. The third-order valence-electron chi connectivity index (χ3n) is 4.25. The molecule has 0 amide bonds. The predicted octanol–water partition coefficient (Wildman–Crippen LogP) is 4.13. The van der Waals surface area contributed by atoms with Gasteiger partial charge in [-0.1, -0.05) is 37.7 Å². The quantitative estimate of drug-likeness (QED) is 0.451. The van der Waals surface area contributed by atoms with Crippen LogP contribution in [0, 0.1) is 5.82 Å². The molecule has 2 N–H and O–H groups in total. The molecule has 2 aromatic carbocycles. The first-order valence-electron chi connectivity index (χ1n) is 8.85. The number of benzene rings is 2. The van der Waals surface area contributed by atoms with Crippen molar-refractivity contribution in [3.05, 3.63) is 65.2 Å². The van der Waals surface area contributed by atoms with E-state index in [9.17, 15) is 4.39 Å². The molecule has 0 atom stereocenters. The molecule has 28 heavy (non-hydrogen) atoms. The van der Waals surface area contributed by atoms with Crippen molar-refractivity contribution in [1.29, 1.82) is 0 Å². The Balaban J connectivity index is 1.61. The molecule has 3 aromatic rings. The Hall–Kier alpha value is -2.74. The molecule has 0 radical (unpaired) electrons. The van der Waals surface area contributed by atoms with E-state index in [-0.39, 0.29) is 12.4 Å². The maximum atomic E-state index is 13.5. The van der Waals surface area contributed by atoms with Gasteiger partial charge >= 0.3 is 0 Å². The highest BCUT2D eigenvalue weighted by Crippen LogP contribution is 2.27. The van der Waals surface area contributed by atoms with E-state index in [1.54, 1.807) is 13.2 Å². The summed E-state index contributed by atoms with van der Waals surface area (Å²) in [7, 11) is 1.55. The largest absolute Gasteiger partial charge is 0.496 e. The molecule has 0 saturated heterocycles. The highest BCUT2D eigenvalue weighted by Gasteiger charge is 2.13. The third kappa shape index (κ3) is 4.75. The Kier molecular flexibility index (Phi) is 6.41. The second-order valence-electron chi connectivity index (χ2n) is 6.53. The summed E-state index contributed by atoms with van der Waals surface area (Å²) in [6, 6.07) is 12.3. The normalized spacial score (nSPS) is 11.0. The van der Waals surface area contributed by atoms with Gasteiger partial charge in [-0.3, -0.25) is 0 Å². The van der Waals surface area contributed by atoms with Crippen LogP contribution in [0.4, 0.5) is 4.39 Å². The van der Waals surface area contributed by atoms with Crippen LogP contribution in [0.2, 0.25) is 0 Å². The SMILES string of the molecule is COc1ccc(F)cc1CSc1nnc(COc2ccc(C(C)C)cc2)n1N. The van der Waals surface area contributed by atoms with E-state index in [0.29, 0.717) is 28.4 Å². The van der Waals surface area contributed by atoms with E-state index >= 15 is 0 Å². The maximum Gasteiger partial charge on any atom is 0.210 e. The summed E-state index contributed by atoms with van der Waals surface area (Å²) >= 11 is 1.35. The van der Waals surface area contributed by atoms with Gasteiger partial charge in [0.1, 0.15) is 23.9 Å². The average Bonchev–Trinajstić information content (AvgIpc) is 3.04.